The normalized spacial score (nSPS) is 13.0. The van der Waals surface area contributed by atoms with Crippen LogP contribution in [0.1, 0.15) is 20.3 Å². The minimum atomic E-state index is 0.590. The van der Waals surface area contributed by atoms with E-state index in [1.807, 2.05) is 13.8 Å². The molecule has 0 saturated heterocycles. The molecule has 0 fully saturated rings. The Hall–Kier alpha value is -0.790. The van der Waals surface area contributed by atoms with Crippen LogP contribution >= 0.6 is 0 Å². The molecule has 0 aliphatic carbocycles. The van der Waals surface area contributed by atoms with E-state index in [9.17, 15) is 0 Å². The largest absolute Gasteiger partial charge is 0.384 e. The summed E-state index contributed by atoms with van der Waals surface area (Å²) in [4.78, 5) is 3.88. The maximum absolute atomic E-state index is 5.32. The Kier molecular flexibility index (Phi) is 3.94. The zero-order valence-corrected chi connectivity index (χ0v) is 5.39. The Morgan fingerprint density at radius 3 is 2.75 bits per heavy atom. The van der Waals surface area contributed by atoms with Crippen molar-refractivity contribution in [2.75, 3.05) is 0 Å². The average molecular weight is 112 g/mol. The van der Waals surface area contributed by atoms with Crippen molar-refractivity contribution in [1.29, 1.82) is 0 Å². The van der Waals surface area contributed by atoms with Gasteiger partial charge >= 0.3 is 0 Å². The zero-order valence-electron chi connectivity index (χ0n) is 5.39. The van der Waals surface area contributed by atoms with Gasteiger partial charge < -0.3 is 5.73 Å². The molecule has 0 aromatic carbocycles. The highest BCUT2D eigenvalue weighted by molar-refractivity contribution is 5.58. The Morgan fingerprint density at radius 2 is 2.38 bits per heavy atom. The second kappa shape index (κ2) is 4.37. The molecule has 46 valence electrons. The molecule has 0 spiro atoms. The van der Waals surface area contributed by atoms with Gasteiger partial charge in [-0.25, -0.2) is 4.99 Å². The number of allylic oxidation sites excluding steroid dienone is 1. The fraction of sp³-hybridized carbons (Fsp3) is 0.500. The highest BCUT2D eigenvalue weighted by Crippen LogP contribution is 1.82. The number of aliphatic imine (C=N–C) groups is 1. The third-order valence-electron chi connectivity index (χ3n) is 0.719. The van der Waals surface area contributed by atoms with Crippen LogP contribution in [0, 0.1) is 0 Å². The van der Waals surface area contributed by atoms with E-state index in [0.717, 1.165) is 6.42 Å². The zero-order chi connectivity index (χ0) is 6.41. The first-order valence-electron chi connectivity index (χ1n) is 2.75. The molecule has 0 saturated carbocycles. The number of hydrogen-bond acceptors (Lipinski definition) is 2. The minimum Gasteiger partial charge on any atom is -0.384 e. The Morgan fingerprint density at radius 1 is 1.75 bits per heavy atom. The maximum Gasteiger partial charge on any atom is 0.118 e. The first kappa shape index (κ1) is 7.21. The summed E-state index contributed by atoms with van der Waals surface area (Å²) in [6.45, 7) is 3.88. The van der Waals surface area contributed by atoms with Crippen molar-refractivity contribution in [1.82, 2.24) is 0 Å². The summed E-state index contributed by atoms with van der Waals surface area (Å²) in [6.07, 6.45) is 4.50. The second-order valence-corrected chi connectivity index (χ2v) is 1.43. The first-order valence-corrected chi connectivity index (χ1v) is 2.75. The summed E-state index contributed by atoms with van der Waals surface area (Å²) >= 11 is 0. The number of rotatable bonds is 2. The molecule has 0 radical (unpaired) electrons. The van der Waals surface area contributed by atoms with Crippen molar-refractivity contribution >= 4 is 6.21 Å². The van der Waals surface area contributed by atoms with Gasteiger partial charge in [0.25, 0.3) is 0 Å². The van der Waals surface area contributed by atoms with Crippen LogP contribution in [0.4, 0.5) is 0 Å². The predicted octanol–water partition coefficient (Wildman–Crippen LogP) is 1.29. The van der Waals surface area contributed by atoms with Gasteiger partial charge in [-0.05, 0) is 19.4 Å². The van der Waals surface area contributed by atoms with E-state index in [4.69, 9.17) is 5.73 Å². The third kappa shape index (κ3) is 3.40. The molecule has 0 unspecified atom stereocenters. The SMILES string of the molecule is C/C=C(N)\N=C/CC. The van der Waals surface area contributed by atoms with E-state index in [1.165, 1.54) is 0 Å². The lowest BCUT2D eigenvalue weighted by molar-refractivity contribution is 1.20. The van der Waals surface area contributed by atoms with Crippen LogP contribution in [0.5, 0.6) is 0 Å². The van der Waals surface area contributed by atoms with Crippen molar-refractivity contribution in [2.45, 2.75) is 20.3 Å². The number of hydrogen-bond donors (Lipinski definition) is 1. The Bertz CT molecular complexity index is 103. The molecule has 0 atom stereocenters. The third-order valence-corrected chi connectivity index (χ3v) is 0.719. The molecule has 0 heterocycles. The topological polar surface area (TPSA) is 38.4 Å². The van der Waals surface area contributed by atoms with E-state index in [2.05, 4.69) is 4.99 Å². The summed E-state index contributed by atoms with van der Waals surface area (Å²) in [5.74, 6) is 0.590. The van der Waals surface area contributed by atoms with Gasteiger partial charge in [0, 0.05) is 6.21 Å². The highest BCUT2D eigenvalue weighted by atomic mass is 14.9. The van der Waals surface area contributed by atoms with Gasteiger partial charge in [-0.1, -0.05) is 6.92 Å². The molecule has 2 nitrogen and oxygen atoms in total. The molecule has 0 bridgehead atoms. The van der Waals surface area contributed by atoms with Gasteiger partial charge in [0.15, 0.2) is 0 Å². The van der Waals surface area contributed by atoms with Crippen LogP contribution in [0.2, 0.25) is 0 Å². The van der Waals surface area contributed by atoms with Crippen LogP contribution in [-0.4, -0.2) is 6.21 Å². The van der Waals surface area contributed by atoms with Crippen LogP contribution in [0.3, 0.4) is 0 Å². The summed E-state index contributed by atoms with van der Waals surface area (Å²) in [6, 6.07) is 0. The van der Waals surface area contributed by atoms with Crippen molar-refractivity contribution in [2.24, 2.45) is 10.7 Å². The molecule has 0 amide bonds. The van der Waals surface area contributed by atoms with E-state index >= 15 is 0 Å². The Labute approximate surface area is 50.1 Å². The summed E-state index contributed by atoms with van der Waals surface area (Å²) in [5, 5.41) is 0. The fourth-order valence-corrected chi connectivity index (χ4v) is 0.271. The second-order valence-electron chi connectivity index (χ2n) is 1.43. The van der Waals surface area contributed by atoms with Crippen LogP contribution in [0.25, 0.3) is 0 Å². The lowest BCUT2D eigenvalue weighted by atomic mass is 10.5. The Balaban J connectivity index is 3.53. The minimum absolute atomic E-state index is 0.590. The quantitative estimate of drug-likeness (QED) is 0.537. The van der Waals surface area contributed by atoms with E-state index < -0.39 is 0 Å². The smallest absolute Gasteiger partial charge is 0.118 e. The molecular formula is C6H12N2. The molecule has 0 aliphatic heterocycles. The van der Waals surface area contributed by atoms with Crippen molar-refractivity contribution < 1.29 is 0 Å². The molecule has 2 N–H and O–H groups in total. The molecular weight excluding hydrogens is 100 g/mol. The van der Waals surface area contributed by atoms with Gasteiger partial charge in [-0.15, -0.1) is 0 Å². The standard InChI is InChI=1S/C6H12N2/c1-3-5-8-6(7)4-2/h4-5H,3,7H2,1-2H3/b6-4-,8-5-. The number of nitrogens with two attached hydrogens (primary N) is 1. The highest BCUT2D eigenvalue weighted by Gasteiger charge is 1.73. The van der Waals surface area contributed by atoms with Gasteiger partial charge in [0.1, 0.15) is 5.82 Å². The van der Waals surface area contributed by atoms with Crippen molar-refractivity contribution in [3.8, 4) is 0 Å². The summed E-state index contributed by atoms with van der Waals surface area (Å²) in [7, 11) is 0. The lowest BCUT2D eigenvalue weighted by Crippen LogP contribution is -1.91. The predicted molar refractivity (Wildman–Crippen MR) is 36.7 cm³/mol. The molecule has 0 aliphatic rings. The van der Waals surface area contributed by atoms with Crippen molar-refractivity contribution in [3.05, 3.63) is 11.9 Å². The van der Waals surface area contributed by atoms with Crippen LogP contribution in [0.15, 0.2) is 16.9 Å². The van der Waals surface area contributed by atoms with Gasteiger partial charge in [0.2, 0.25) is 0 Å². The molecule has 2 heteroatoms. The average Bonchev–Trinajstić information content (AvgIpc) is 1.83. The van der Waals surface area contributed by atoms with E-state index in [-0.39, 0.29) is 0 Å². The molecule has 0 rings (SSSR count). The van der Waals surface area contributed by atoms with Crippen LogP contribution in [-0.2, 0) is 0 Å². The number of nitrogens with zero attached hydrogens (tertiary/aromatic N) is 1. The van der Waals surface area contributed by atoms with E-state index in [0.29, 0.717) is 5.82 Å². The van der Waals surface area contributed by atoms with Gasteiger partial charge in [-0.3, -0.25) is 0 Å². The molecule has 8 heavy (non-hydrogen) atoms. The van der Waals surface area contributed by atoms with Crippen LogP contribution < -0.4 is 5.73 Å². The lowest BCUT2D eigenvalue weighted by Gasteiger charge is -1.85. The summed E-state index contributed by atoms with van der Waals surface area (Å²) in [5.41, 5.74) is 5.32. The van der Waals surface area contributed by atoms with Gasteiger partial charge in [0.05, 0.1) is 0 Å². The molecule has 0 aromatic rings. The van der Waals surface area contributed by atoms with E-state index in [1.54, 1.807) is 12.3 Å². The van der Waals surface area contributed by atoms with Gasteiger partial charge in [-0.2, -0.15) is 0 Å². The maximum atomic E-state index is 5.32. The molecule has 0 aromatic heterocycles. The fourth-order valence-electron chi connectivity index (χ4n) is 0.271. The monoisotopic (exact) mass is 112 g/mol. The first-order chi connectivity index (χ1) is 3.81. The van der Waals surface area contributed by atoms with Crippen molar-refractivity contribution in [3.63, 3.8) is 0 Å². The summed E-state index contributed by atoms with van der Waals surface area (Å²) < 4.78 is 0.